The molecular weight excluding hydrogens is 275 g/mol. The van der Waals surface area contributed by atoms with Gasteiger partial charge in [-0.1, -0.05) is 0 Å². The molecule has 10 heteroatoms. The first-order chi connectivity index (χ1) is 9.43. The van der Waals surface area contributed by atoms with Crippen molar-refractivity contribution < 1.29 is 13.2 Å². The van der Waals surface area contributed by atoms with Gasteiger partial charge >= 0.3 is 6.30 Å². The molecule has 2 N–H and O–H groups in total. The van der Waals surface area contributed by atoms with E-state index in [0.29, 0.717) is 0 Å². The van der Waals surface area contributed by atoms with E-state index in [1.54, 1.807) is 6.07 Å². The summed E-state index contributed by atoms with van der Waals surface area (Å²) in [5.41, 5.74) is 0.262. The molecule has 0 saturated carbocycles. The molecule has 20 heavy (non-hydrogen) atoms. The Morgan fingerprint density at radius 3 is 2.75 bits per heavy atom. The van der Waals surface area contributed by atoms with E-state index in [4.69, 9.17) is 11.1 Å². The van der Waals surface area contributed by atoms with Crippen LogP contribution in [0.4, 0.5) is 19.0 Å². The number of hydrazine groups is 1. The van der Waals surface area contributed by atoms with Gasteiger partial charge in [0.2, 0.25) is 5.96 Å². The summed E-state index contributed by atoms with van der Waals surface area (Å²) in [6, 6.07) is 5.02. The third kappa shape index (κ3) is 2.67. The number of nitrogens with zero attached hydrogens (tertiary/aromatic N) is 6. The number of nitriles is 1. The molecule has 0 bridgehead atoms. The van der Waals surface area contributed by atoms with Crippen molar-refractivity contribution in [2.75, 3.05) is 11.6 Å². The Morgan fingerprint density at radius 2 is 2.20 bits per heavy atom. The van der Waals surface area contributed by atoms with Crippen LogP contribution in [0.25, 0.3) is 0 Å². The molecule has 0 spiro atoms. The molecule has 0 fully saturated rings. The van der Waals surface area contributed by atoms with E-state index in [2.05, 4.69) is 15.0 Å². The van der Waals surface area contributed by atoms with Gasteiger partial charge in [-0.05, 0) is 12.1 Å². The summed E-state index contributed by atoms with van der Waals surface area (Å²) in [6.07, 6.45) is -2.22. The molecule has 1 aromatic rings. The van der Waals surface area contributed by atoms with Crippen molar-refractivity contribution in [2.45, 2.75) is 6.30 Å². The van der Waals surface area contributed by atoms with Crippen LogP contribution in [0, 0.1) is 11.3 Å². The predicted molar refractivity (Wildman–Crippen MR) is 64.3 cm³/mol. The van der Waals surface area contributed by atoms with Crippen molar-refractivity contribution in [3.8, 4) is 6.07 Å². The molecule has 0 atom stereocenters. The first-order valence-corrected chi connectivity index (χ1v) is 5.25. The Bertz CT molecular complexity index is 602. The number of hydrogen-bond donors (Lipinski definition) is 1. The number of anilines is 1. The largest absolute Gasteiger partial charge is 0.501 e. The summed E-state index contributed by atoms with van der Waals surface area (Å²) in [5.74, 6) is 4.44. The van der Waals surface area contributed by atoms with E-state index >= 15 is 0 Å². The van der Waals surface area contributed by atoms with Crippen molar-refractivity contribution in [1.29, 1.82) is 5.26 Å². The van der Waals surface area contributed by atoms with Crippen molar-refractivity contribution in [3.05, 3.63) is 23.9 Å². The molecule has 0 amide bonds. The Labute approximate surface area is 111 Å². The molecular formula is C10H8F3N7. The summed E-state index contributed by atoms with van der Waals surface area (Å²) in [7, 11) is 0. The average molecular weight is 283 g/mol. The number of rotatable bonds is 1. The van der Waals surface area contributed by atoms with Crippen LogP contribution in [0.3, 0.4) is 0 Å². The minimum atomic E-state index is -4.76. The lowest BCUT2D eigenvalue weighted by atomic mass is 10.3. The number of alkyl halides is 3. The molecule has 1 aromatic heterocycles. The molecule has 2 rings (SSSR count). The van der Waals surface area contributed by atoms with Crippen LogP contribution < -0.4 is 10.7 Å². The highest BCUT2D eigenvalue weighted by Gasteiger charge is 2.38. The number of halogens is 3. The van der Waals surface area contributed by atoms with Gasteiger partial charge in [0.1, 0.15) is 19.1 Å². The van der Waals surface area contributed by atoms with Crippen LogP contribution in [0.5, 0.6) is 0 Å². The van der Waals surface area contributed by atoms with Crippen LogP contribution >= 0.6 is 0 Å². The van der Waals surface area contributed by atoms with E-state index in [1.807, 2.05) is 6.07 Å². The zero-order valence-electron chi connectivity index (χ0n) is 9.91. The maximum Gasteiger partial charge on any atom is 0.501 e. The van der Waals surface area contributed by atoms with Crippen molar-refractivity contribution in [3.63, 3.8) is 0 Å². The number of nitrogens with two attached hydrogens (primary N) is 1. The SMILES string of the molecule is N#Cc1cccnc1N1C=NC(N(N)C(F)(F)F)=NC1. The molecule has 1 aliphatic rings. The zero-order valence-corrected chi connectivity index (χ0v) is 9.91. The number of aromatic nitrogens is 1. The van der Waals surface area contributed by atoms with Gasteiger partial charge in [0.15, 0.2) is 5.82 Å². The van der Waals surface area contributed by atoms with Crippen LogP contribution in [-0.2, 0) is 0 Å². The molecule has 0 aliphatic carbocycles. The van der Waals surface area contributed by atoms with E-state index in [0.717, 1.165) is 6.34 Å². The summed E-state index contributed by atoms with van der Waals surface area (Å²) in [5, 5.41) is 8.44. The van der Waals surface area contributed by atoms with E-state index < -0.39 is 17.3 Å². The maximum absolute atomic E-state index is 12.3. The molecule has 104 valence electrons. The van der Waals surface area contributed by atoms with Gasteiger partial charge in [-0.2, -0.15) is 10.3 Å². The average Bonchev–Trinajstić information content (AvgIpc) is 2.45. The highest BCUT2D eigenvalue weighted by molar-refractivity contribution is 5.94. The molecule has 0 radical (unpaired) electrons. The van der Waals surface area contributed by atoms with Crippen molar-refractivity contribution >= 4 is 18.1 Å². The van der Waals surface area contributed by atoms with Gasteiger partial charge in [-0.25, -0.2) is 20.8 Å². The fraction of sp³-hybridized carbons (Fsp3) is 0.200. The minimum Gasteiger partial charge on any atom is -0.295 e. The van der Waals surface area contributed by atoms with Crippen molar-refractivity contribution in [1.82, 2.24) is 9.99 Å². The third-order valence-electron chi connectivity index (χ3n) is 2.34. The van der Waals surface area contributed by atoms with Crippen molar-refractivity contribution in [2.24, 2.45) is 15.8 Å². The first-order valence-electron chi connectivity index (χ1n) is 5.25. The third-order valence-corrected chi connectivity index (χ3v) is 2.34. The van der Waals surface area contributed by atoms with Crippen LogP contribution in [0.1, 0.15) is 5.56 Å². The Hall–Kier alpha value is -2.67. The quantitative estimate of drug-likeness (QED) is 0.467. The first kappa shape index (κ1) is 13.8. The Balaban J connectivity index is 2.18. The summed E-state index contributed by atoms with van der Waals surface area (Å²) in [6.45, 7) is -0.172. The van der Waals surface area contributed by atoms with Crippen LogP contribution in [0.15, 0.2) is 28.3 Å². The van der Waals surface area contributed by atoms with Gasteiger partial charge in [-0.15, -0.1) is 13.2 Å². The predicted octanol–water partition coefficient (Wildman–Crippen LogP) is 0.811. The van der Waals surface area contributed by atoms with E-state index in [9.17, 15) is 13.2 Å². The van der Waals surface area contributed by atoms with Gasteiger partial charge in [0.25, 0.3) is 0 Å². The number of guanidine groups is 1. The molecule has 2 heterocycles. The molecule has 1 aliphatic heterocycles. The summed E-state index contributed by atoms with van der Waals surface area (Å²) in [4.78, 5) is 12.4. The second kappa shape index (κ2) is 5.14. The highest BCUT2D eigenvalue weighted by atomic mass is 19.4. The zero-order chi connectivity index (χ0) is 14.8. The summed E-state index contributed by atoms with van der Waals surface area (Å²) < 4.78 is 37.0. The smallest absolute Gasteiger partial charge is 0.295 e. The lowest BCUT2D eigenvalue weighted by molar-refractivity contribution is -0.219. The lowest BCUT2D eigenvalue weighted by Gasteiger charge is -2.25. The molecule has 0 saturated heterocycles. The second-order valence-electron chi connectivity index (χ2n) is 3.64. The summed E-state index contributed by atoms with van der Waals surface area (Å²) >= 11 is 0. The maximum atomic E-state index is 12.3. The van der Waals surface area contributed by atoms with Gasteiger partial charge in [0.05, 0.1) is 5.56 Å². The minimum absolute atomic E-state index is 0.172. The monoisotopic (exact) mass is 283 g/mol. The lowest BCUT2D eigenvalue weighted by Crippen LogP contribution is -2.49. The molecule has 0 aromatic carbocycles. The standard InChI is InChI=1S/C10H8F3N7/c11-10(12,13)20(15)9-17-5-19(6-18-9)8-7(4-14)2-1-3-16-8/h1-3,5H,6,15H2. The second-order valence-corrected chi connectivity index (χ2v) is 3.64. The number of pyridine rings is 1. The fourth-order valence-electron chi connectivity index (χ4n) is 1.42. The Morgan fingerprint density at radius 1 is 1.45 bits per heavy atom. The molecule has 0 unspecified atom stereocenters. The number of aliphatic imine (C=N–C) groups is 2. The topological polar surface area (TPSA) is 93.9 Å². The van der Waals surface area contributed by atoms with E-state index in [1.165, 1.54) is 17.2 Å². The Kier molecular flexibility index (Phi) is 3.53. The molecule has 7 nitrogen and oxygen atoms in total. The van der Waals surface area contributed by atoms with Crippen LogP contribution in [0.2, 0.25) is 0 Å². The van der Waals surface area contributed by atoms with E-state index in [-0.39, 0.29) is 18.1 Å². The normalized spacial score (nSPS) is 14.8. The van der Waals surface area contributed by atoms with Gasteiger partial charge < -0.3 is 0 Å². The van der Waals surface area contributed by atoms with Crippen LogP contribution in [-0.4, -0.2) is 35.3 Å². The van der Waals surface area contributed by atoms with Gasteiger partial charge in [-0.3, -0.25) is 4.90 Å². The van der Waals surface area contributed by atoms with Gasteiger partial charge in [0, 0.05) is 6.20 Å². The number of hydrogen-bond acceptors (Lipinski definition) is 7. The fourth-order valence-corrected chi connectivity index (χ4v) is 1.42. The highest BCUT2D eigenvalue weighted by Crippen LogP contribution is 2.20.